The van der Waals surface area contributed by atoms with Gasteiger partial charge >= 0.3 is 0 Å². The highest BCUT2D eigenvalue weighted by Gasteiger charge is 2.03. The van der Waals surface area contributed by atoms with Crippen LogP contribution in [0.25, 0.3) is 0 Å². The van der Waals surface area contributed by atoms with Crippen LogP contribution < -0.4 is 5.32 Å². The third-order valence-electron chi connectivity index (χ3n) is 1.45. The largest absolute Gasteiger partial charge is 0.378 e. The van der Waals surface area contributed by atoms with Gasteiger partial charge in [0.25, 0.3) is 0 Å². The second-order valence-corrected chi connectivity index (χ2v) is 3.45. The van der Waals surface area contributed by atoms with E-state index in [0.717, 1.165) is 0 Å². The van der Waals surface area contributed by atoms with Crippen LogP contribution in [0, 0.1) is 5.82 Å². The van der Waals surface area contributed by atoms with Crippen molar-refractivity contribution in [3.05, 3.63) is 40.1 Å². The van der Waals surface area contributed by atoms with E-state index < -0.39 is 0 Å². The molecule has 0 bridgehead atoms. The van der Waals surface area contributed by atoms with Gasteiger partial charge in [0.05, 0.1) is 5.69 Å². The minimum absolute atomic E-state index is 0.280. The maximum absolute atomic E-state index is 13.1. The summed E-state index contributed by atoms with van der Waals surface area (Å²) in [6.45, 7) is 0.503. The van der Waals surface area contributed by atoms with Crippen molar-refractivity contribution in [2.45, 2.75) is 0 Å². The molecule has 0 aliphatic heterocycles. The van der Waals surface area contributed by atoms with Crippen LogP contribution in [0.1, 0.15) is 0 Å². The fourth-order valence-corrected chi connectivity index (χ4v) is 1.44. The Morgan fingerprint density at radius 3 is 2.92 bits per heavy atom. The second-order valence-electron chi connectivity index (χ2n) is 2.34. The van der Waals surface area contributed by atoms with Crippen LogP contribution in [0.5, 0.6) is 0 Å². The summed E-state index contributed by atoms with van der Waals surface area (Å²) in [5.41, 5.74) is 1.85. The molecule has 0 radical (unpaired) electrons. The van der Waals surface area contributed by atoms with Crippen LogP contribution in [0.15, 0.2) is 34.3 Å². The number of benzene rings is 1. The van der Waals surface area contributed by atoms with E-state index in [9.17, 15) is 4.39 Å². The van der Waals surface area contributed by atoms with E-state index in [-0.39, 0.29) is 5.82 Å². The van der Waals surface area contributed by atoms with Crippen LogP contribution in [0.2, 0.25) is 0 Å². The topological polar surface area (TPSA) is 12.0 Å². The lowest BCUT2D eigenvalue weighted by Gasteiger charge is -2.06. The molecule has 0 aliphatic rings. The fourth-order valence-electron chi connectivity index (χ4n) is 0.872. The van der Waals surface area contributed by atoms with Gasteiger partial charge in [0.1, 0.15) is 5.82 Å². The molecule has 13 heavy (non-hydrogen) atoms. The summed E-state index contributed by atoms with van der Waals surface area (Å²) in [5, 5.41) is 2.89. The summed E-state index contributed by atoms with van der Waals surface area (Å²) >= 11 is 8.56. The average molecular weight is 265 g/mol. The van der Waals surface area contributed by atoms with Crippen LogP contribution in [-0.2, 0) is 0 Å². The van der Waals surface area contributed by atoms with E-state index in [1.165, 1.54) is 11.6 Å². The third kappa shape index (κ3) is 3.01. The maximum Gasteiger partial charge on any atom is 0.147 e. The van der Waals surface area contributed by atoms with Crippen molar-refractivity contribution in [2.75, 3.05) is 11.9 Å². The van der Waals surface area contributed by atoms with Crippen LogP contribution in [0.3, 0.4) is 0 Å². The van der Waals surface area contributed by atoms with Crippen molar-refractivity contribution in [1.82, 2.24) is 0 Å². The first-order valence-electron chi connectivity index (χ1n) is 3.69. The number of anilines is 1. The van der Waals surface area contributed by atoms with Crippen molar-refractivity contribution in [3.63, 3.8) is 0 Å². The van der Waals surface area contributed by atoms with Crippen molar-refractivity contribution >= 4 is 33.2 Å². The van der Waals surface area contributed by atoms with Gasteiger partial charge in [-0.1, -0.05) is 23.7 Å². The summed E-state index contributed by atoms with van der Waals surface area (Å²) < 4.78 is 13.8. The smallest absolute Gasteiger partial charge is 0.147 e. The molecule has 0 heterocycles. The molecule has 4 heteroatoms. The monoisotopic (exact) mass is 263 g/mol. The molecule has 1 rings (SSSR count). The van der Waals surface area contributed by atoms with Gasteiger partial charge in [0.15, 0.2) is 0 Å². The minimum Gasteiger partial charge on any atom is -0.378 e. The zero-order valence-electron chi connectivity index (χ0n) is 6.73. The van der Waals surface area contributed by atoms with Crippen molar-refractivity contribution < 1.29 is 4.39 Å². The first-order valence-corrected chi connectivity index (χ1v) is 4.91. The number of hydrogen-bond donors (Lipinski definition) is 1. The van der Waals surface area contributed by atoms with E-state index in [2.05, 4.69) is 21.2 Å². The molecule has 1 nitrogen and oxygen atoms in total. The molecule has 0 saturated heterocycles. The van der Waals surface area contributed by atoms with E-state index in [0.29, 0.717) is 16.7 Å². The first-order chi connectivity index (χ1) is 6.25. The molecule has 0 amide bonds. The Morgan fingerprint density at radius 2 is 2.31 bits per heavy atom. The molecule has 0 spiro atoms. The van der Waals surface area contributed by atoms with Gasteiger partial charge in [0.2, 0.25) is 0 Å². The third-order valence-corrected chi connectivity index (χ3v) is 2.29. The van der Waals surface area contributed by atoms with Gasteiger partial charge in [-0.3, -0.25) is 0 Å². The lowest BCUT2D eigenvalue weighted by Crippen LogP contribution is -2.01. The number of nitrogens with one attached hydrogen (secondary N) is 1. The lowest BCUT2D eigenvalue weighted by atomic mass is 10.3. The van der Waals surface area contributed by atoms with Gasteiger partial charge < -0.3 is 5.32 Å². The highest BCUT2D eigenvalue weighted by atomic mass is 79.9. The molecule has 1 aromatic rings. The zero-order valence-corrected chi connectivity index (χ0v) is 9.07. The zero-order chi connectivity index (χ0) is 9.68. The predicted molar refractivity (Wildman–Crippen MR) is 57.6 cm³/mol. The normalized spacial score (nSPS) is 10.7. The highest BCUT2D eigenvalue weighted by Crippen LogP contribution is 2.24. The number of halogens is 3. The van der Waals surface area contributed by atoms with E-state index in [4.69, 9.17) is 11.6 Å². The number of para-hydroxylation sites is 1. The molecular formula is C9H8BrClFN. The molecule has 0 fully saturated rings. The van der Waals surface area contributed by atoms with Crippen molar-refractivity contribution in [1.29, 1.82) is 0 Å². The Morgan fingerprint density at radius 1 is 1.54 bits per heavy atom. The molecule has 0 unspecified atom stereocenters. The molecule has 1 N–H and O–H groups in total. The first kappa shape index (κ1) is 10.5. The highest BCUT2D eigenvalue weighted by molar-refractivity contribution is 9.10. The fraction of sp³-hybridized carbons (Fsp3) is 0.111. The van der Waals surface area contributed by atoms with Crippen LogP contribution >= 0.6 is 27.5 Å². The number of rotatable bonds is 3. The van der Waals surface area contributed by atoms with Gasteiger partial charge in [-0.25, -0.2) is 4.39 Å². The summed E-state index contributed by atoms with van der Waals surface area (Å²) in [6.07, 6.45) is 1.69. The second kappa shape index (κ2) is 5.25. The Hall–Kier alpha value is -0.540. The Labute approximate surface area is 89.7 Å². The van der Waals surface area contributed by atoms with E-state index in [1.807, 2.05) is 0 Å². The van der Waals surface area contributed by atoms with E-state index in [1.54, 1.807) is 18.2 Å². The van der Waals surface area contributed by atoms with Crippen LogP contribution in [0.4, 0.5) is 10.1 Å². The lowest BCUT2D eigenvalue weighted by molar-refractivity contribution is 0.630. The summed E-state index contributed by atoms with van der Waals surface area (Å²) in [6, 6.07) is 4.81. The minimum atomic E-state index is -0.280. The van der Waals surface area contributed by atoms with Gasteiger partial charge in [-0.15, -0.1) is 0 Å². The molecule has 0 atom stereocenters. The summed E-state index contributed by atoms with van der Waals surface area (Å²) in [5.74, 6) is -0.280. The van der Waals surface area contributed by atoms with E-state index >= 15 is 0 Å². The predicted octanol–water partition coefficient (Wildman–Crippen LogP) is 3.75. The van der Waals surface area contributed by atoms with Crippen molar-refractivity contribution in [2.24, 2.45) is 0 Å². The Balaban J connectivity index is 2.75. The SMILES string of the molecule is Fc1cccc(Br)c1NC/C=C/Cl. The number of hydrogen-bond acceptors (Lipinski definition) is 1. The molecule has 0 saturated carbocycles. The maximum atomic E-state index is 13.1. The Bertz CT molecular complexity index is 294. The van der Waals surface area contributed by atoms with Gasteiger partial charge in [0, 0.05) is 16.6 Å². The summed E-state index contributed by atoms with van der Waals surface area (Å²) in [7, 11) is 0. The molecule has 1 aromatic carbocycles. The van der Waals surface area contributed by atoms with Gasteiger partial charge in [-0.05, 0) is 28.1 Å². The van der Waals surface area contributed by atoms with Crippen molar-refractivity contribution in [3.8, 4) is 0 Å². The van der Waals surface area contributed by atoms with Crippen LogP contribution in [-0.4, -0.2) is 6.54 Å². The van der Waals surface area contributed by atoms with Gasteiger partial charge in [-0.2, -0.15) is 0 Å². The molecule has 70 valence electrons. The quantitative estimate of drug-likeness (QED) is 0.877. The summed E-state index contributed by atoms with van der Waals surface area (Å²) in [4.78, 5) is 0. The molecule has 0 aromatic heterocycles. The average Bonchev–Trinajstić information content (AvgIpc) is 2.10. The Kier molecular flexibility index (Phi) is 4.25. The standard InChI is InChI=1S/C9H8BrClFN/c10-7-3-1-4-8(12)9(7)13-6-2-5-11/h1-5,13H,6H2/b5-2+. The molecule has 0 aliphatic carbocycles. The molecular weight excluding hydrogens is 256 g/mol.